The number of nitrogens with zero attached hydrogens (tertiary/aromatic N) is 3. The molecule has 1 amide bonds. The van der Waals surface area contributed by atoms with Gasteiger partial charge in [-0.05, 0) is 60.6 Å². The summed E-state index contributed by atoms with van der Waals surface area (Å²) in [5.41, 5.74) is 1.98. The van der Waals surface area contributed by atoms with Gasteiger partial charge >= 0.3 is 0 Å². The third-order valence-corrected chi connectivity index (χ3v) is 6.46. The Balaban J connectivity index is 1.75. The first-order valence-corrected chi connectivity index (χ1v) is 11.2. The number of carbonyl (C=O) groups excluding carboxylic acids is 1. The first-order chi connectivity index (χ1) is 14.9. The molecular weight excluding hydrogens is 388 g/mol. The summed E-state index contributed by atoms with van der Waals surface area (Å²) in [6.45, 7) is 4.64. The SMILES string of the molecule is CC[C@@H]1CC[C@@H](C)C[C@H](N(C)c2ccc(-c3ccc(/C=C/C(=O)NC)cc3O)nn2)C1. The average Bonchev–Trinajstić information content (AvgIpc) is 2.98. The van der Waals surface area contributed by atoms with Crippen molar-refractivity contribution in [1.82, 2.24) is 15.5 Å². The molecule has 3 atom stereocenters. The Hall–Kier alpha value is -2.89. The molecule has 1 aliphatic rings. The van der Waals surface area contributed by atoms with Crippen molar-refractivity contribution in [2.45, 2.75) is 52.0 Å². The van der Waals surface area contributed by atoms with E-state index in [1.807, 2.05) is 18.2 Å². The highest BCUT2D eigenvalue weighted by Crippen LogP contribution is 2.33. The van der Waals surface area contributed by atoms with Gasteiger partial charge in [-0.2, -0.15) is 0 Å². The highest BCUT2D eigenvalue weighted by molar-refractivity contribution is 5.91. The Morgan fingerprint density at radius 3 is 2.68 bits per heavy atom. The van der Waals surface area contributed by atoms with E-state index in [9.17, 15) is 9.90 Å². The lowest BCUT2D eigenvalue weighted by Gasteiger charge is -2.30. The molecule has 2 aromatic rings. The van der Waals surface area contributed by atoms with Crippen LogP contribution in [0.4, 0.5) is 5.82 Å². The molecule has 31 heavy (non-hydrogen) atoms. The van der Waals surface area contributed by atoms with Gasteiger partial charge in [0, 0.05) is 31.8 Å². The van der Waals surface area contributed by atoms with Crippen molar-refractivity contribution in [3.8, 4) is 17.0 Å². The molecular formula is C25H34N4O2. The summed E-state index contributed by atoms with van der Waals surface area (Å²) in [7, 11) is 3.69. The topological polar surface area (TPSA) is 78.4 Å². The van der Waals surface area contributed by atoms with Gasteiger partial charge in [0.25, 0.3) is 0 Å². The van der Waals surface area contributed by atoms with Crippen LogP contribution in [-0.2, 0) is 4.79 Å². The fourth-order valence-corrected chi connectivity index (χ4v) is 4.36. The molecule has 1 fully saturated rings. The van der Waals surface area contributed by atoms with Gasteiger partial charge in [0.15, 0.2) is 5.82 Å². The normalized spacial score (nSPS) is 21.6. The molecule has 0 saturated heterocycles. The third kappa shape index (κ3) is 5.84. The molecule has 0 unspecified atom stereocenters. The molecule has 6 nitrogen and oxygen atoms in total. The second-order valence-corrected chi connectivity index (χ2v) is 8.69. The maximum absolute atomic E-state index is 11.3. The van der Waals surface area contributed by atoms with Crippen LogP contribution in [0.2, 0.25) is 0 Å². The van der Waals surface area contributed by atoms with Crippen LogP contribution < -0.4 is 10.2 Å². The lowest BCUT2D eigenvalue weighted by Crippen LogP contribution is -2.34. The summed E-state index contributed by atoms with van der Waals surface area (Å²) in [5.74, 6) is 2.28. The molecule has 0 radical (unpaired) electrons. The average molecular weight is 423 g/mol. The number of amides is 1. The first-order valence-electron chi connectivity index (χ1n) is 11.2. The number of anilines is 1. The number of likely N-dealkylation sites (N-methyl/N-ethyl adjacent to an activating group) is 1. The third-order valence-electron chi connectivity index (χ3n) is 6.46. The number of nitrogens with one attached hydrogen (secondary N) is 1. The number of carbonyl (C=O) groups is 1. The molecule has 0 spiro atoms. The summed E-state index contributed by atoms with van der Waals surface area (Å²) in [6, 6.07) is 9.62. The van der Waals surface area contributed by atoms with Crippen LogP contribution in [-0.4, -0.2) is 41.3 Å². The molecule has 1 aliphatic carbocycles. The summed E-state index contributed by atoms with van der Waals surface area (Å²) in [6.07, 6.45) is 9.32. The summed E-state index contributed by atoms with van der Waals surface area (Å²) >= 11 is 0. The van der Waals surface area contributed by atoms with E-state index in [0.29, 0.717) is 17.3 Å². The van der Waals surface area contributed by atoms with Gasteiger partial charge in [-0.15, -0.1) is 10.2 Å². The molecule has 2 N–H and O–H groups in total. The van der Waals surface area contributed by atoms with Crippen molar-refractivity contribution in [1.29, 1.82) is 0 Å². The van der Waals surface area contributed by atoms with Crippen LogP contribution in [0.1, 0.15) is 51.5 Å². The van der Waals surface area contributed by atoms with Gasteiger partial charge in [-0.25, -0.2) is 0 Å². The van der Waals surface area contributed by atoms with Gasteiger partial charge in [-0.3, -0.25) is 4.79 Å². The molecule has 1 saturated carbocycles. The van der Waals surface area contributed by atoms with Crippen LogP contribution in [0.3, 0.4) is 0 Å². The molecule has 0 aliphatic heterocycles. The Morgan fingerprint density at radius 2 is 2.03 bits per heavy atom. The summed E-state index contributed by atoms with van der Waals surface area (Å²) < 4.78 is 0. The minimum absolute atomic E-state index is 0.109. The standard InChI is InChI=1S/C25H34N4O2/c1-5-18-7-6-17(2)14-20(15-18)29(4)24-12-11-22(27-28-24)21-10-8-19(16-23(21)30)9-13-25(31)26-3/h8-13,16-18,20,30H,5-7,14-15H2,1-4H3,(H,26,31)/b13-9+/t17-,18-,20+/m1/s1. The molecule has 1 aromatic carbocycles. The lowest BCUT2D eigenvalue weighted by molar-refractivity contribution is -0.115. The number of hydrogen-bond acceptors (Lipinski definition) is 5. The van der Waals surface area contributed by atoms with Crippen molar-refractivity contribution in [2.24, 2.45) is 11.8 Å². The zero-order valence-corrected chi connectivity index (χ0v) is 19.0. The molecule has 166 valence electrons. The van der Waals surface area contributed by atoms with E-state index in [4.69, 9.17) is 0 Å². The number of phenolic OH excluding ortho intramolecular Hbond substituents is 1. The van der Waals surface area contributed by atoms with Crippen LogP contribution in [0, 0.1) is 11.8 Å². The Morgan fingerprint density at radius 1 is 1.23 bits per heavy atom. The number of phenols is 1. The van der Waals surface area contributed by atoms with Crippen LogP contribution in [0.25, 0.3) is 17.3 Å². The highest BCUT2D eigenvalue weighted by atomic mass is 16.3. The predicted molar refractivity (Wildman–Crippen MR) is 126 cm³/mol. The number of benzene rings is 1. The Labute approximate surface area is 185 Å². The van der Waals surface area contributed by atoms with Crippen molar-refractivity contribution in [3.63, 3.8) is 0 Å². The van der Waals surface area contributed by atoms with E-state index < -0.39 is 0 Å². The van der Waals surface area contributed by atoms with Crippen LogP contribution in [0.15, 0.2) is 36.4 Å². The van der Waals surface area contributed by atoms with E-state index in [1.54, 1.807) is 25.3 Å². The minimum atomic E-state index is -0.192. The minimum Gasteiger partial charge on any atom is -0.507 e. The van der Waals surface area contributed by atoms with Crippen molar-refractivity contribution in [2.75, 3.05) is 19.0 Å². The summed E-state index contributed by atoms with van der Waals surface area (Å²) in [4.78, 5) is 13.6. The smallest absolute Gasteiger partial charge is 0.243 e. The van der Waals surface area contributed by atoms with E-state index in [1.165, 1.54) is 38.2 Å². The molecule has 3 rings (SSSR count). The van der Waals surface area contributed by atoms with Gasteiger partial charge in [0.2, 0.25) is 5.91 Å². The quantitative estimate of drug-likeness (QED) is 0.523. The maximum Gasteiger partial charge on any atom is 0.243 e. The van der Waals surface area contributed by atoms with Crippen molar-refractivity contribution in [3.05, 3.63) is 42.0 Å². The maximum atomic E-state index is 11.3. The highest BCUT2D eigenvalue weighted by Gasteiger charge is 2.26. The van der Waals surface area contributed by atoms with Crippen molar-refractivity contribution >= 4 is 17.8 Å². The van der Waals surface area contributed by atoms with E-state index in [-0.39, 0.29) is 11.7 Å². The first kappa shape index (κ1) is 22.8. The van der Waals surface area contributed by atoms with Crippen LogP contribution >= 0.6 is 0 Å². The monoisotopic (exact) mass is 422 g/mol. The van der Waals surface area contributed by atoms with E-state index in [2.05, 4.69) is 41.3 Å². The van der Waals surface area contributed by atoms with Crippen LogP contribution in [0.5, 0.6) is 5.75 Å². The van der Waals surface area contributed by atoms with Gasteiger partial charge in [0.1, 0.15) is 5.75 Å². The Kier molecular flexibility index (Phi) is 7.66. The number of hydrogen-bond donors (Lipinski definition) is 2. The van der Waals surface area contributed by atoms with E-state index >= 15 is 0 Å². The molecule has 6 heteroatoms. The fourth-order valence-electron chi connectivity index (χ4n) is 4.36. The van der Waals surface area contributed by atoms with E-state index in [0.717, 1.165) is 23.2 Å². The second-order valence-electron chi connectivity index (χ2n) is 8.69. The van der Waals surface area contributed by atoms with Crippen molar-refractivity contribution < 1.29 is 9.90 Å². The summed E-state index contributed by atoms with van der Waals surface area (Å²) in [5, 5.41) is 21.8. The van der Waals surface area contributed by atoms with Gasteiger partial charge in [-0.1, -0.05) is 39.2 Å². The Bertz CT molecular complexity index is 910. The number of rotatable bonds is 6. The van der Waals surface area contributed by atoms with Gasteiger partial charge < -0.3 is 15.3 Å². The number of aromatic nitrogens is 2. The molecule has 1 aromatic heterocycles. The lowest BCUT2D eigenvalue weighted by atomic mass is 9.95. The zero-order chi connectivity index (χ0) is 22.4. The second kappa shape index (κ2) is 10.4. The number of aromatic hydroxyl groups is 1. The zero-order valence-electron chi connectivity index (χ0n) is 19.0. The fraction of sp³-hybridized carbons (Fsp3) is 0.480. The predicted octanol–water partition coefficient (Wildman–Crippen LogP) is 4.65. The van der Waals surface area contributed by atoms with Gasteiger partial charge in [0.05, 0.1) is 5.69 Å². The molecule has 0 bridgehead atoms. The largest absolute Gasteiger partial charge is 0.507 e. The molecule has 1 heterocycles.